The van der Waals surface area contributed by atoms with Crippen molar-refractivity contribution in [2.75, 3.05) is 13.2 Å². The van der Waals surface area contributed by atoms with Gasteiger partial charge in [0.1, 0.15) is 11.5 Å². The van der Waals surface area contributed by atoms with Crippen LogP contribution in [0, 0.1) is 5.92 Å². The summed E-state index contributed by atoms with van der Waals surface area (Å²) in [4.78, 5) is 12.3. The molecule has 1 saturated heterocycles. The normalized spacial score (nSPS) is 24.1. The zero-order valence-corrected chi connectivity index (χ0v) is 11.8. The van der Waals surface area contributed by atoms with Crippen molar-refractivity contribution in [3.63, 3.8) is 0 Å². The topological polar surface area (TPSA) is 35.5 Å². The summed E-state index contributed by atoms with van der Waals surface area (Å²) in [5.74, 6) is 1.36. The molecule has 1 spiro atoms. The SMILES string of the molecule is O=C(CCOc1ccccc1)C1CCOC2(CCC2)C1. The second-order valence-electron chi connectivity index (χ2n) is 5.95. The van der Waals surface area contributed by atoms with Crippen LogP contribution in [0.5, 0.6) is 5.75 Å². The summed E-state index contributed by atoms with van der Waals surface area (Å²) in [5, 5.41) is 0. The maximum absolute atomic E-state index is 12.3. The zero-order chi connectivity index (χ0) is 13.8. The molecular weight excluding hydrogens is 252 g/mol. The highest BCUT2D eigenvalue weighted by atomic mass is 16.5. The van der Waals surface area contributed by atoms with Gasteiger partial charge in [-0.05, 0) is 44.2 Å². The van der Waals surface area contributed by atoms with Gasteiger partial charge in [-0.1, -0.05) is 18.2 Å². The van der Waals surface area contributed by atoms with Gasteiger partial charge < -0.3 is 9.47 Å². The van der Waals surface area contributed by atoms with E-state index in [4.69, 9.17) is 9.47 Å². The number of hydrogen-bond acceptors (Lipinski definition) is 3. The molecular formula is C17H22O3. The van der Waals surface area contributed by atoms with Gasteiger partial charge in [-0.3, -0.25) is 4.79 Å². The average molecular weight is 274 g/mol. The minimum Gasteiger partial charge on any atom is -0.493 e. The molecule has 0 aromatic heterocycles. The van der Waals surface area contributed by atoms with Crippen LogP contribution in [0.2, 0.25) is 0 Å². The van der Waals surface area contributed by atoms with E-state index >= 15 is 0 Å². The minimum atomic E-state index is 0.0544. The van der Waals surface area contributed by atoms with Gasteiger partial charge in [-0.2, -0.15) is 0 Å². The summed E-state index contributed by atoms with van der Waals surface area (Å²) in [7, 11) is 0. The predicted molar refractivity (Wildman–Crippen MR) is 76.8 cm³/mol. The van der Waals surface area contributed by atoms with E-state index in [-0.39, 0.29) is 11.5 Å². The van der Waals surface area contributed by atoms with Crippen LogP contribution >= 0.6 is 0 Å². The zero-order valence-electron chi connectivity index (χ0n) is 11.8. The molecule has 1 aliphatic carbocycles. The fraction of sp³-hybridized carbons (Fsp3) is 0.588. The lowest BCUT2D eigenvalue weighted by Crippen LogP contribution is -2.47. The summed E-state index contributed by atoms with van der Waals surface area (Å²) in [6.45, 7) is 1.23. The van der Waals surface area contributed by atoms with E-state index in [1.54, 1.807) is 0 Å². The lowest BCUT2D eigenvalue weighted by atomic mass is 9.71. The summed E-state index contributed by atoms with van der Waals surface area (Å²) in [6.07, 6.45) is 5.84. The van der Waals surface area contributed by atoms with E-state index in [1.807, 2.05) is 30.3 Å². The number of para-hydroxylation sites is 1. The molecule has 20 heavy (non-hydrogen) atoms. The number of ketones is 1. The molecule has 3 nitrogen and oxygen atoms in total. The first-order valence-corrected chi connectivity index (χ1v) is 7.62. The Hall–Kier alpha value is -1.35. The molecule has 0 amide bonds. The number of hydrogen-bond donors (Lipinski definition) is 0. The Morgan fingerprint density at radius 2 is 2.10 bits per heavy atom. The van der Waals surface area contributed by atoms with E-state index < -0.39 is 0 Å². The average Bonchev–Trinajstić information content (AvgIpc) is 2.47. The quantitative estimate of drug-likeness (QED) is 0.825. The van der Waals surface area contributed by atoms with Gasteiger partial charge in [0.05, 0.1) is 12.2 Å². The number of benzene rings is 1. The lowest BCUT2D eigenvalue weighted by molar-refractivity contribution is -0.155. The summed E-state index contributed by atoms with van der Waals surface area (Å²) in [5.41, 5.74) is 0.0544. The molecule has 108 valence electrons. The molecule has 1 atom stereocenters. The van der Waals surface area contributed by atoms with Crippen molar-refractivity contribution < 1.29 is 14.3 Å². The van der Waals surface area contributed by atoms with E-state index in [9.17, 15) is 4.79 Å². The van der Waals surface area contributed by atoms with E-state index in [0.29, 0.717) is 18.8 Å². The maximum Gasteiger partial charge on any atom is 0.139 e. The highest BCUT2D eigenvalue weighted by molar-refractivity contribution is 5.81. The van der Waals surface area contributed by atoms with Crippen molar-refractivity contribution in [1.82, 2.24) is 0 Å². The Bertz CT molecular complexity index is 451. The number of carbonyl (C=O) groups is 1. The van der Waals surface area contributed by atoms with Crippen LogP contribution in [-0.4, -0.2) is 24.6 Å². The van der Waals surface area contributed by atoms with Crippen LogP contribution in [0.15, 0.2) is 30.3 Å². The third kappa shape index (κ3) is 3.04. The molecule has 0 N–H and O–H groups in total. The van der Waals surface area contributed by atoms with Crippen LogP contribution < -0.4 is 4.74 Å². The van der Waals surface area contributed by atoms with Gasteiger partial charge >= 0.3 is 0 Å². The van der Waals surface area contributed by atoms with Gasteiger partial charge in [0.2, 0.25) is 0 Å². The Morgan fingerprint density at radius 1 is 1.30 bits per heavy atom. The molecule has 1 saturated carbocycles. The molecule has 1 aromatic rings. The third-order valence-corrected chi connectivity index (χ3v) is 4.57. The van der Waals surface area contributed by atoms with Gasteiger partial charge in [-0.15, -0.1) is 0 Å². The monoisotopic (exact) mass is 274 g/mol. The highest BCUT2D eigenvalue weighted by Gasteiger charge is 2.43. The molecule has 1 heterocycles. The number of ether oxygens (including phenoxy) is 2. The van der Waals surface area contributed by atoms with E-state index in [1.165, 1.54) is 6.42 Å². The molecule has 3 rings (SSSR count). The van der Waals surface area contributed by atoms with Crippen LogP contribution in [0.1, 0.15) is 38.5 Å². The van der Waals surface area contributed by atoms with Gasteiger partial charge in [0, 0.05) is 18.9 Å². The van der Waals surface area contributed by atoms with Crippen LogP contribution in [-0.2, 0) is 9.53 Å². The van der Waals surface area contributed by atoms with Crippen LogP contribution in [0.25, 0.3) is 0 Å². The first-order valence-electron chi connectivity index (χ1n) is 7.62. The second kappa shape index (κ2) is 5.96. The predicted octanol–water partition coefficient (Wildman–Crippen LogP) is 3.37. The van der Waals surface area contributed by atoms with Crippen molar-refractivity contribution in [1.29, 1.82) is 0 Å². The standard InChI is InChI=1S/C17H22O3/c18-16(8-11-19-15-5-2-1-3-6-15)14-7-12-20-17(13-14)9-4-10-17/h1-3,5-6,14H,4,7-13H2. The number of Topliss-reactive ketones (excluding diaryl/α,β-unsaturated/α-hetero) is 1. The van der Waals surface area contributed by atoms with Crippen LogP contribution in [0.4, 0.5) is 0 Å². The molecule has 0 bridgehead atoms. The molecule has 2 aliphatic rings. The Labute approximate surface area is 120 Å². The number of carbonyl (C=O) groups excluding carboxylic acids is 1. The summed E-state index contributed by atoms with van der Waals surface area (Å²) >= 11 is 0. The first kappa shape index (κ1) is 13.6. The van der Waals surface area contributed by atoms with Gasteiger partial charge in [-0.25, -0.2) is 0 Å². The Morgan fingerprint density at radius 3 is 2.80 bits per heavy atom. The Balaban J connectivity index is 1.44. The van der Waals surface area contributed by atoms with E-state index in [0.717, 1.165) is 38.0 Å². The largest absolute Gasteiger partial charge is 0.493 e. The second-order valence-corrected chi connectivity index (χ2v) is 5.95. The third-order valence-electron chi connectivity index (χ3n) is 4.57. The van der Waals surface area contributed by atoms with Crippen LogP contribution in [0.3, 0.4) is 0 Å². The highest BCUT2D eigenvalue weighted by Crippen LogP contribution is 2.44. The molecule has 1 aromatic carbocycles. The van der Waals surface area contributed by atoms with Crippen molar-refractivity contribution in [2.24, 2.45) is 5.92 Å². The lowest BCUT2D eigenvalue weighted by Gasteiger charge is -2.46. The fourth-order valence-corrected chi connectivity index (χ4v) is 3.21. The smallest absolute Gasteiger partial charge is 0.139 e. The van der Waals surface area contributed by atoms with Crippen molar-refractivity contribution >= 4 is 5.78 Å². The van der Waals surface area contributed by atoms with Gasteiger partial charge in [0.15, 0.2) is 0 Å². The van der Waals surface area contributed by atoms with Crippen molar-refractivity contribution in [2.45, 2.75) is 44.1 Å². The molecule has 1 aliphatic heterocycles. The van der Waals surface area contributed by atoms with Crippen molar-refractivity contribution in [3.05, 3.63) is 30.3 Å². The summed E-state index contributed by atoms with van der Waals surface area (Å²) in [6, 6.07) is 9.68. The van der Waals surface area contributed by atoms with Crippen molar-refractivity contribution in [3.8, 4) is 5.75 Å². The minimum absolute atomic E-state index is 0.0544. The summed E-state index contributed by atoms with van der Waals surface area (Å²) < 4.78 is 11.5. The molecule has 2 fully saturated rings. The van der Waals surface area contributed by atoms with Gasteiger partial charge in [0.25, 0.3) is 0 Å². The first-order chi connectivity index (χ1) is 9.77. The Kier molecular flexibility index (Phi) is 4.06. The maximum atomic E-state index is 12.3. The molecule has 0 radical (unpaired) electrons. The van der Waals surface area contributed by atoms with E-state index in [2.05, 4.69) is 0 Å². The fourth-order valence-electron chi connectivity index (χ4n) is 3.21. The number of rotatable bonds is 5. The molecule has 1 unspecified atom stereocenters. The molecule has 3 heteroatoms.